The number of fused-ring (bicyclic) bond motifs is 1. The third-order valence-corrected chi connectivity index (χ3v) is 2.38. The summed E-state index contributed by atoms with van der Waals surface area (Å²) in [5.74, 6) is -1.24. The Morgan fingerprint density at radius 2 is 2.41 bits per heavy atom. The largest absolute Gasteiger partial charge is 0.478 e. The van der Waals surface area contributed by atoms with Gasteiger partial charge in [-0.3, -0.25) is 0 Å². The molecule has 0 aliphatic carbocycles. The van der Waals surface area contributed by atoms with Gasteiger partial charge in [0.05, 0.1) is 5.71 Å². The van der Waals surface area contributed by atoms with Gasteiger partial charge in [-0.2, -0.15) is 0 Å². The van der Waals surface area contributed by atoms with Crippen molar-refractivity contribution >= 4 is 11.7 Å². The second-order valence-corrected chi connectivity index (χ2v) is 3.51. The lowest BCUT2D eigenvalue weighted by Gasteiger charge is -2.23. The van der Waals surface area contributed by atoms with E-state index in [0.717, 1.165) is 0 Å². The molecule has 0 saturated carbocycles. The van der Waals surface area contributed by atoms with Crippen molar-refractivity contribution in [2.75, 3.05) is 7.11 Å². The predicted molar refractivity (Wildman–Crippen MR) is 56.6 cm³/mol. The molecule has 2 rings (SSSR count). The first-order chi connectivity index (χ1) is 8.11. The number of aliphatic carboxylic acids is 1. The van der Waals surface area contributed by atoms with Gasteiger partial charge in [0.15, 0.2) is 0 Å². The number of carboxylic acids is 1. The van der Waals surface area contributed by atoms with Crippen LogP contribution in [0.15, 0.2) is 23.4 Å². The number of hydrogen-bond donors (Lipinski definition) is 1. The monoisotopic (exact) mass is 239 g/mol. The number of halogens is 1. The molecular weight excluding hydrogens is 229 g/mol. The fraction of sp³-hybridized carbons (Fsp3) is 0.273. The summed E-state index contributed by atoms with van der Waals surface area (Å²) in [6.45, 7) is 0. The van der Waals surface area contributed by atoms with E-state index >= 15 is 0 Å². The van der Waals surface area contributed by atoms with Gasteiger partial charge in [-0.15, -0.1) is 0 Å². The number of nitrogens with zero attached hydrogens (tertiary/aromatic N) is 1. The van der Waals surface area contributed by atoms with Crippen molar-refractivity contribution in [3.63, 3.8) is 0 Å². The molecular formula is C11H10FNO4. The standard InChI is InChI=1S/C11H10FNO4/c1-16-13-8-5-10(11(14)15)17-9-3-2-6(12)4-7(8)9/h2-4,10H,5H2,1H3,(H,14,15)/b13-8-/t10-/m1/s1. The molecule has 1 aliphatic rings. The molecule has 0 aromatic heterocycles. The van der Waals surface area contributed by atoms with Crippen LogP contribution in [0.3, 0.4) is 0 Å². The van der Waals surface area contributed by atoms with Crippen molar-refractivity contribution in [1.29, 1.82) is 0 Å². The summed E-state index contributed by atoms with van der Waals surface area (Å²) in [6.07, 6.45) is -0.985. The van der Waals surface area contributed by atoms with Gasteiger partial charge in [0.2, 0.25) is 6.10 Å². The molecule has 6 heteroatoms. The van der Waals surface area contributed by atoms with Gasteiger partial charge in [0, 0.05) is 12.0 Å². The van der Waals surface area contributed by atoms with Gasteiger partial charge in [-0.1, -0.05) is 5.16 Å². The maximum atomic E-state index is 13.1. The maximum Gasteiger partial charge on any atom is 0.345 e. The second kappa shape index (κ2) is 4.40. The number of rotatable bonds is 2. The van der Waals surface area contributed by atoms with Crippen molar-refractivity contribution in [3.05, 3.63) is 29.6 Å². The number of ether oxygens (including phenoxy) is 1. The lowest BCUT2D eigenvalue weighted by Crippen LogP contribution is -2.34. The average Bonchev–Trinajstić information content (AvgIpc) is 2.29. The molecule has 1 aliphatic heterocycles. The lowest BCUT2D eigenvalue weighted by atomic mass is 10.00. The molecule has 0 unspecified atom stereocenters. The summed E-state index contributed by atoms with van der Waals surface area (Å²) in [5.41, 5.74) is 0.782. The SMILES string of the molecule is CO/N=C1/C[C@H](C(=O)O)Oc2ccc(F)cc21. The van der Waals surface area contributed by atoms with Crippen LogP contribution in [0.25, 0.3) is 0 Å². The molecule has 90 valence electrons. The van der Waals surface area contributed by atoms with Crippen molar-refractivity contribution in [2.45, 2.75) is 12.5 Å². The molecule has 0 fully saturated rings. The zero-order chi connectivity index (χ0) is 12.4. The highest BCUT2D eigenvalue weighted by Crippen LogP contribution is 2.29. The Balaban J connectivity index is 2.45. The minimum atomic E-state index is -1.09. The van der Waals surface area contributed by atoms with E-state index in [4.69, 9.17) is 9.84 Å². The highest BCUT2D eigenvalue weighted by Gasteiger charge is 2.30. The Bertz CT molecular complexity index is 486. The molecule has 17 heavy (non-hydrogen) atoms. The average molecular weight is 239 g/mol. The van der Waals surface area contributed by atoms with Crippen molar-refractivity contribution in [3.8, 4) is 5.75 Å². The molecule has 5 nitrogen and oxygen atoms in total. The Kier molecular flexibility index (Phi) is 2.95. The molecule has 0 radical (unpaired) electrons. The lowest BCUT2D eigenvalue weighted by molar-refractivity contribution is -0.144. The van der Waals surface area contributed by atoms with Crippen molar-refractivity contribution in [1.82, 2.24) is 0 Å². The van der Waals surface area contributed by atoms with Crippen LogP contribution in [0.1, 0.15) is 12.0 Å². The van der Waals surface area contributed by atoms with Gasteiger partial charge in [-0.25, -0.2) is 9.18 Å². The van der Waals surface area contributed by atoms with Gasteiger partial charge in [-0.05, 0) is 18.2 Å². The van der Waals surface area contributed by atoms with Crippen LogP contribution in [0, 0.1) is 5.82 Å². The molecule has 1 aromatic carbocycles. The first kappa shape index (κ1) is 11.4. The van der Waals surface area contributed by atoms with Crippen LogP contribution in [0.5, 0.6) is 5.75 Å². The minimum Gasteiger partial charge on any atom is -0.478 e. The second-order valence-electron chi connectivity index (χ2n) is 3.51. The van der Waals surface area contributed by atoms with E-state index in [1.54, 1.807) is 0 Å². The normalized spacial score (nSPS) is 20.6. The van der Waals surface area contributed by atoms with Gasteiger partial charge in [0.1, 0.15) is 18.7 Å². The van der Waals surface area contributed by atoms with E-state index in [1.807, 2.05) is 0 Å². The number of carboxylic acid groups (broad SMARTS) is 1. The Morgan fingerprint density at radius 3 is 3.06 bits per heavy atom. The van der Waals surface area contributed by atoms with Crippen LogP contribution in [-0.4, -0.2) is 30.0 Å². The molecule has 1 aromatic rings. The smallest absolute Gasteiger partial charge is 0.345 e. The van der Waals surface area contributed by atoms with E-state index < -0.39 is 17.9 Å². The maximum absolute atomic E-state index is 13.1. The van der Waals surface area contributed by atoms with Crippen molar-refractivity contribution in [2.24, 2.45) is 5.16 Å². The molecule has 0 amide bonds. The van der Waals surface area contributed by atoms with Crippen LogP contribution in [-0.2, 0) is 9.63 Å². The summed E-state index contributed by atoms with van der Waals surface area (Å²) >= 11 is 0. The third-order valence-electron chi connectivity index (χ3n) is 2.38. The topological polar surface area (TPSA) is 68.1 Å². The Labute approximate surface area is 96.4 Å². The molecule has 0 saturated heterocycles. The predicted octanol–water partition coefficient (Wildman–Crippen LogP) is 1.41. The number of benzene rings is 1. The minimum absolute atomic E-state index is 0.0413. The summed E-state index contributed by atoms with van der Waals surface area (Å²) in [6, 6.07) is 3.82. The van der Waals surface area contributed by atoms with E-state index in [-0.39, 0.29) is 6.42 Å². The number of carbonyl (C=O) groups is 1. The molecule has 0 spiro atoms. The van der Waals surface area contributed by atoms with Gasteiger partial charge in [0.25, 0.3) is 0 Å². The van der Waals surface area contributed by atoms with Gasteiger partial charge >= 0.3 is 5.97 Å². The van der Waals surface area contributed by atoms with E-state index in [1.165, 1.54) is 25.3 Å². The highest BCUT2D eigenvalue weighted by atomic mass is 19.1. The quantitative estimate of drug-likeness (QED) is 0.792. The van der Waals surface area contributed by atoms with E-state index in [0.29, 0.717) is 17.0 Å². The van der Waals surface area contributed by atoms with Gasteiger partial charge < -0.3 is 14.7 Å². The van der Waals surface area contributed by atoms with Crippen LogP contribution in [0.2, 0.25) is 0 Å². The van der Waals surface area contributed by atoms with Crippen LogP contribution < -0.4 is 4.74 Å². The Morgan fingerprint density at radius 1 is 1.65 bits per heavy atom. The third kappa shape index (κ3) is 2.20. The fourth-order valence-electron chi connectivity index (χ4n) is 1.65. The van der Waals surface area contributed by atoms with E-state index in [9.17, 15) is 9.18 Å². The highest BCUT2D eigenvalue weighted by molar-refractivity contribution is 6.05. The Hall–Kier alpha value is -2.11. The molecule has 1 atom stereocenters. The summed E-state index contributed by atoms with van der Waals surface area (Å²) in [5, 5.41) is 12.6. The number of hydrogen-bond acceptors (Lipinski definition) is 4. The zero-order valence-corrected chi connectivity index (χ0v) is 9.01. The van der Waals surface area contributed by atoms with Crippen LogP contribution in [0.4, 0.5) is 4.39 Å². The fourth-order valence-corrected chi connectivity index (χ4v) is 1.65. The number of oxime groups is 1. The first-order valence-corrected chi connectivity index (χ1v) is 4.91. The summed E-state index contributed by atoms with van der Waals surface area (Å²) in [7, 11) is 1.34. The first-order valence-electron chi connectivity index (χ1n) is 4.91. The summed E-state index contributed by atoms with van der Waals surface area (Å²) < 4.78 is 18.3. The van der Waals surface area contributed by atoms with Crippen molar-refractivity contribution < 1.29 is 23.9 Å². The summed E-state index contributed by atoms with van der Waals surface area (Å²) in [4.78, 5) is 15.5. The molecule has 1 N–H and O–H groups in total. The molecule has 0 bridgehead atoms. The van der Waals surface area contributed by atoms with E-state index in [2.05, 4.69) is 9.99 Å². The zero-order valence-electron chi connectivity index (χ0n) is 9.01. The van der Waals surface area contributed by atoms with Crippen LogP contribution >= 0.6 is 0 Å². The molecule has 1 heterocycles.